The first-order valence-electron chi connectivity index (χ1n) is 3.75. The summed E-state index contributed by atoms with van der Waals surface area (Å²) >= 11 is 0. The van der Waals surface area contributed by atoms with Crippen LogP contribution in [0.5, 0.6) is 0 Å². The predicted octanol–water partition coefficient (Wildman–Crippen LogP) is 1.25. The van der Waals surface area contributed by atoms with Crippen LogP contribution in [0.2, 0.25) is 0 Å². The molecule has 0 radical (unpaired) electrons. The molecular formula is C9H16O2. The zero-order valence-corrected chi connectivity index (χ0v) is 6.84. The number of hydrogen-bond donors (Lipinski definition) is 2. The summed E-state index contributed by atoms with van der Waals surface area (Å²) in [5.41, 5.74) is 1.69. The van der Waals surface area contributed by atoms with Gasteiger partial charge in [-0.05, 0) is 19.3 Å². The largest absolute Gasteiger partial charge is 0.392 e. The molecular weight excluding hydrogens is 140 g/mol. The predicted molar refractivity (Wildman–Crippen MR) is 46.3 cm³/mol. The van der Waals surface area contributed by atoms with Crippen molar-refractivity contribution >= 4 is 0 Å². The summed E-state index contributed by atoms with van der Waals surface area (Å²) in [4.78, 5) is 0. The average Bonchev–Trinajstić information content (AvgIpc) is 2.04. The topological polar surface area (TPSA) is 40.5 Å². The smallest absolute Gasteiger partial charge is 0.0639 e. The van der Waals surface area contributed by atoms with Crippen molar-refractivity contribution in [1.29, 1.82) is 0 Å². The van der Waals surface area contributed by atoms with Gasteiger partial charge in [-0.25, -0.2) is 0 Å². The minimum Gasteiger partial charge on any atom is -0.392 e. The highest BCUT2D eigenvalue weighted by Crippen LogP contribution is 2.08. The van der Waals surface area contributed by atoms with Gasteiger partial charge in [0.15, 0.2) is 0 Å². The normalized spacial score (nSPS) is 9.64. The molecule has 0 amide bonds. The van der Waals surface area contributed by atoms with Crippen LogP contribution in [0, 0.1) is 0 Å². The highest BCUT2D eigenvalue weighted by atomic mass is 16.3. The standard InChI is InChI=1S/C9H16O2/c1-8(6-10)4-3-5-9(2)7-11/h10-11H,1-7H2. The van der Waals surface area contributed by atoms with Gasteiger partial charge in [-0.15, -0.1) is 0 Å². The third-order valence-electron chi connectivity index (χ3n) is 1.51. The maximum absolute atomic E-state index is 8.59. The molecule has 2 heteroatoms. The average molecular weight is 156 g/mol. The first kappa shape index (κ1) is 10.4. The molecule has 0 heterocycles. The number of aliphatic hydroxyl groups excluding tert-OH is 2. The third-order valence-corrected chi connectivity index (χ3v) is 1.51. The summed E-state index contributed by atoms with van der Waals surface area (Å²) in [6.45, 7) is 7.43. The van der Waals surface area contributed by atoms with Gasteiger partial charge in [-0.3, -0.25) is 0 Å². The Labute approximate surface area is 67.9 Å². The Hall–Kier alpha value is -0.600. The summed E-state index contributed by atoms with van der Waals surface area (Å²) < 4.78 is 0. The van der Waals surface area contributed by atoms with Gasteiger partial charge in [0.1, 0.15) is 0 Å². The quantitative estimate of drug-likeness (QED) is 0.568. The van der Waals surface area contributed by atoms with Crippen LogP contribution in [0.25, 0.3) is 0 Å². The molecule has 0 atom stereocenters. The maximum atomic E-state index is 8.59. The van der Waals surface area contributed by atoms with Gasteiger partial charge in [0, 0.05) is 0 Å². The lowest BCUT2D eigenvalue weighted by Gasteiger charge is -2.02. The van der Waals surface area contributed by atoms with Crippen LogP contribution >= 0.6 is 0 Å². The molecule has 0 aromatic heterocycles. The number of hydrogen-bond acceptors (Lipinski definition) is 2. The Balaban J connectivity index is 3.27. The van der Waals surface area contributed by atoms with Crippen molar-refractivity contribution in [3.63, 3.8) is 0 Å². The molecule has 0 aromatic rings. The van der Waals surface area contributed by atoms with E-state index in [1.807, 2.05) is 0 Å². The molecule has 0 aromatic carbocycles. The van der Waals surface area contributed by atoms with E-state index in [1.165, 1.54) is 0 Å². The molecule has 0 saturated heterocycles. The van der Waals surface area contributed by atoms with Gasteiger partial charge < -0.3 is 10.2 Å². The van der Waals surface area contributed by atoms with E-state index in [9.17, 15) is 0 Å². The van der Waals surface area contributed by atoms with Crippen LogP contribution < -0.4 is 0 Å². The Morgan fingerprint density at radius 1 is 0.909 bits per heavy atom. The molecule has 0 aliphatic rings. The molecule has 0 bridgehead atoms. The summed E-state index contributed by atoms with van der Waals surface area (Å²) in [6, 6.07) is 0. The SMILES string of the molecule is C=C(CO)CCCC(=C)CO. The van der Waals surface area contributed by atoms with Gasteiger partial charge in [0.2, 0.25) is 0 Å². The molecule has 0 spiro atoms. The molecule has 64 valence electrons. The fourth-order valence-corrected chi connectivity index (χ4v) is 0.747. The van der Waals surface area contributed by atoms with E-state index in [-0.39, 0.29) is 13.2 Å². The zero-order valence-electron chi connectivity index (χ0n) is 6.84. The first-order chi connectivity index (χ1) is 5.20. The summed E-state index contributed by atoms with van der Waals surface area (Å²) in [6.07, 6.45) is 2.55. The van der Waals surface area contributed by atoms with E-state index >= 15 is 0 Å². The van der Waals surface area contributed by atoms with Crippen LogP contribution in [0.3, 0.4) is 0 Å². The van der Waals surface area contributed by atoms with Crippen LogP contribution in [0.1, 0.15) is 19.3 Å². The lowest BCUT2D eigenvalue weighted by molar-refractivity contribution is 0.321. The molecule has 2 nitrogen and oxygen atoms in total. The van der Waals surface area contributed by atoms with Crippen molar-refractivity contribution < 1.29 is 10.2 Å². The fourth-order valence-electron chi connectivity index (χ4n) is 0.747. The molecule has 11 heavy (non-hydrogen) atoms. The second kappa shape index (κ2) is 6.13. The molecule has 0 aliphatic heterocycles. The molecule has 0 unspecified atom stereocenters. The Morgan fingerprint density at radius 3 is 1.55 bits per heavy atom. The molecule has 0 aliphatic carbocycles. The molecule has 2 N–H and O–H groups in total. The molecule has 0 rings (SSSR count). The molecule has 0 fully saturated rings. The minimum absolute atomic E-state index is 0.0611. The van der Waals surface area contributed by atoms with Gasteiger partial charge in [0.25, 0.3) is 0 Å². The lowest BCUT2D eigenvalue weighted by atomic mass is 10.1. The summed E-state index contributed by atoms with van der Waals surface area (Å²) in [7, 11) is 0. The van der Waals surface area contributed by atoms with Crippen LogP contribution in [0.4, 0.5) is 0 Å². The van der Waals surface area contributed by atoms with Gasteiger partial charge in [-0.2, -0.15) is 0 Å². The van der Waals surface area contributed by atoms with Gasteiger partial charge in [-0.1, -0.05) is 24.3 Å². The van der Waals surface area contributed by atoms with Crippen molar-refractivity contribution in [1.82, 2.24) is 0 Å². The third kappa shape index (κ3) is 5.83. The highest BCUT2D eigenvalue weighted by molar-refractivity contribution is 4.97. The maximum Gasteiger partial charge on any atom is 0.0639 e. The summed E-state index contributed by atoms with van der Waals surface area (Å²) in [5, 5.41) is 17.2. The van der Waals surface area contributed by atoms with Crippen molar-refractivity contribution in [3.8, 4) is 0 Å². The van der Waals surface area contributed by atoms with E-state index in [0.29, 0.717) is 0 Å². The van der Waals surface area contributed by atoms with E-state index in [0.717, 1.165) is 30.4 Å². The highest BCUT2D eigenvalue weighted by Gasteiger charge is 1.94. The Bertz CT molecular complexity index is 122. The van der Waals surface area contributed by atoms with Crippen molar-refractivity contribution in [2.24, 2.45) is 0 Å². The first-order valence-corrected chi connectivity index (χ1v) is 3.75. The van der Waals surface area contributed by atoms with Crippen LogP contribution in [0.15, 0.2) is 24.3 Å². The second-order valence-electron chi connectivity index (χ2n) is 2.67. The lowest BCUT2D eigenvalue weighted by Crippen LogP contribution is -1.91. The molecule has 0 saturated carbocycles. The van der Waals surface area contributed by atoms with Crippen molar-refractivity contribution in [2.45, 2.75) is 19.3 Å². The minimum atomic E-state index is 0.0611. The Kier molecular flexibility index (Phi) is 5.80. The van der Waals surface area contributed by atoms with Crippen LogP contribution in [-0.4, -0.2) is 23.4 Å². The zero-order chi connectivity index (χ0) is 8.69. The fraction of sp³-hybridized carbons (Fsp3) is 0.556. The monoisotopic (exact) mass is 156 g/mol. The van der Waals surface area contributed by atoms with Gasteiger partial charge >= 0.3 is 0 Å². The van der Waals surface area contributed by atoms with E-state index in [2.05, 4.69) is 13.2 Å². The van der Waals surface area contributed by atoms with E-state index in [1.54, 1.807) is 0 Å². The van der Waals surface area contributed by atoms with Crippen LogP contribution in [-0.2, 0) is 0 Å². The number of aliphatic hydroxyl groups is 2. The Morgan fingerprint density at radius 2 is 1.27 bits per heavy atom. The van der Waals surface area contributed by atoms with E-state index < -0.39 is 0 Å². The second-order valence-corrected chi connectivity index (χ2v) is 2.67. The van der Waals surface area contributed by atoms with E-state index in [4.69, 9.17) is 10.2 Å². The summed E-state index contributed by atoms with van der Waals surface area (Å²) in [5.74, 6) is 0. The van der Waals surface area contributed by atoms with Crippen molar-refractivity contribution in [2.75, 3.05) is 13.2 Å². The van der Waals surface area contributed by atoms with Gasteiger partial charge in [0.05, 0.1) is 13.2 Å². The van der Waals surface area contributed by atoms with Crippen molar-refractivity contribution in [3.05, 3.63) is 24.3 Å². The number of rotatable bonds is 6.